The van der Waals surface area contributed by atoms with Gasteiger partial charge in [0.25, 0.3) is 5.91 Å². The molecular weight excluding hydrogens is 543 g/mol. The van der Waals surface area contributed by atoms with E-state index in [1.165, 1.54) is 11.8 Å². The predicted molar refractivity (Wildman–Crippen MR) is 151 cm³/mol. The van der Waals surface area contributed by atoms with Gasteiger partial charge in [0.05, 0.1) is 24.8 Å². The van der Waals surface area contributed by atoms with Gasteiger partial charge in [-0.15, -0.1) is 0 Å². The fourth-order valence-electron chi connectivity index (χ4n) is 4.07. The van der Waals surface area contributed by atoms with Crippen LogP contribution in [0.1, 0.15) is 33.7 Å². The Kier molecular flexibility index (Phi) is 11.9. The summed E-state index contributed by atoms with van der Waals surface area (Å²) < 4.78 is 11.7. The molecule has 1 N–H and O–H groups in total. The van der Waals surface area contributed by atoms with Crippen molar-refractivity contribution in [3.63, 3.8) is 0 Å². The molecular formula is C30H28ClLiN2O5S. The standard InChI is InChI=1S/C30H29ClN2O5S.Li/c1-19-5-3-4-6-24(19)26-15-20(7-12-25(26)28(34)33-27(30(35)36)13-14-39-2)17-37-18-23-16-32-29(38-23)21-8-10-22(31)11-9-21;/h3-12,15-16,27H,13-14,17-18H2,1-2H3,(H,33,34)(H,35,36);/q;+1/p-1/t27-;/m0./s1. The molecule has 0 aliphatic heterocycles. The number of aliphatic carboxylic acids is 1. The van der Waals surface area contributed by atoms with Crippen LogP contribution in [-0.4, -0.2) is 34.9 Å². The monoisotopic (exact) mass is 570 g/mol. The molecule has 0 bridgehead atoms. The number of amides is 1. The molecule has 0 aliphatic rings. The Morgan fingerprint density at radius 3 is 2.52 bits per heavy atom. The number of carboxylic acid groups (broad SMARTS) is 1. The van der Waals surface area contributed by atoms with E-state index >= 15 is 0 Å². The number of thioether (sulfide) groups is 1. The van der Waals surface area contributed by atoms with Gasteiger partial charge >= 0.3 is 18.9 Å². The van der Waals surface area contributed by atoms with Crippen molar-refractivity contribution in [2.75, 3.05) is 12.0 Å². The third-order valence-electron chi connectivity index (χ3n) is 6.12. The number of aromatic nitrogens is 1. The smallest absolute Gasteiger partial charge is 0.548 e. The Morgan fingerprint density at radius 1 is 1.07 bits per heavy atom. The van der Waals surface area contributed by atoms with E-state index < -0.39 is 17.9 Å². The minimum Gasteiger partial charge on any atom is -0.548 e. The topological polar surface area (TPSA) is 104 Å². The van der Waals surface area contributed by atoms with Crippen LogP contribution in [0.3, 0.4) is 0 Å². The zero-order valence-electron chi connectivity index (χ0n) is 22.6. The van der Waals surface area contributed by atoms with Gasteiger partial charge in [0.1, 0.15) is 6.61 Å². The molecule has 40 heavy (non-hydrogen) atoms. The summed E-state index contributed by atoms with van der Waals surface area (Å²) in [4.78, 5) is 29.1. The maximum Gasteiger partial charge on any atom is 1.00 e. The van der Waals surface area contributed by atoms with Crippen LogP contribution in [-0.2, 0) is 22.7 Å². The third kappa shape index (κ3) is 8.26. The van der Waals surface area contributed by atoms with E-state index in [0.29, 0.717) is 33.6 Å². The molecule has 4 rings (SSSR count). The summed E-state index contributed by atoms with van der Waals surface area (Å²) in [5.41, 5.74) is 4.60. The first kappa shape index (κ1) is 31.5. The molecule has 7 nitrogen and oxygen atoms in total. The number of halogens is 1. The van der Waals surface area contributed by atoms with Crippen molar-refractivity contribution >= 4 is 35.2 Å². The van der Waals surface area contributed by atoms with E-state index in [1.807, 2.05) is 55.6 Å². The zero-order valence-corrected chi connectivity index (χ0v) is 24.2. The Bertz CT molecular complexity index is 1440. The number of nitrogens with zero attached hydrogens (tertiary/aromatic N) is 1. The molecule has 0 spiro atoms. The van der Waals surface area contributed by atoms with Crippen LogP contribution in [0.5, 0.6) is 0 Å². The first-order chi connectivity index (χ1) is 18.9. The predicted octanol–water partition coefficient (Wildman–Crippen LogP) is 2.29. The van der Waals surface area contributed by atoms with Crippen molar-refractivity contribution in [2.45, 2.75) is 32.6 Å². The van der Waals surface area contributed by atoms with Crippen LogP contribution >= 0.6 is 23.4 Å². The van der Waals surface area contributed by atoms with Gasteiger partial charge in [0.15, 0.2) is 5.76 Å². The molecule has 0 unspecified atom stereocenters. The number of carbonyl (C=O) groups excluding carboxylic acids is 2. The minimum absolute atomic E-state index is 0. The van der Waals surface area contributed by atoms with Crippen molar-refractivity contribution in [3.8, 4) is 22.6 Å². The van der Waals surface area contributed by atoms with E-state index in [1.54, 1.807) is 30.5 Å². The number of hydrogen-bond donors (Lipinski definition) is 1. The number of carboxylic acids is 1. The maximum absolute atomic E-state index is 13.2. The summed E-state index contributed by atoms with van der Waals surface area (Å²) in [6.45, 7) is 2.45. The van der Waals surface area contributed by atoms with Crippen LogP contribution in [0.2, 0.25) is 5.02 Å². The molecule has 1 aromatic heterocycles. The van der Waals surface area contributed by atoms with Gasteiger partial charge in [0, 0.05) is 16.1 Å². The number of carbonyl (C=O) groups is 2. The van der Waals surface area contributed by atoms with E-state index in [0.717, 1.165) is 22.3 Å². The molecule has 0 saturated carbocycles. The molecule has 0 aliphatic carbocycles. The minimum atomic E-state index is -1.30. The van der Waals surface area contributed by atoms with Gasteiger partial charge in [-0.3, -0.25) is 4.79 Å². The zero-order chi connectivity index (χ0) is 27.8. The molecule has 10 heteroatoms. The summed E-state index contributed by atoms with van der Waals surface area (Å²) in [5, 5.41) is 14.9. The second kappa shape index (κ2) is 15.1. The van der Waals surface area contributed by atoms with Gasteiger partial charge in [0.2, 0.25) is 5.89 Å². The summed E-state index contributed by atoms with van der Waals surface area (Å²) in [5.74, 6) is -0.117. The Hall–Kier alpha value is -2.99. The molecule has 0 saturated heterocycles. The summed E-state index contributed by atoms with van der Waals surface area (Å²) >= 11 is 7.46. The largest absolute Gasteiger partial charge is 1.00 e. The first-order valence-corrected chi connectivity index (χ1v) is 14.1. The van der Waals surface area contributed by atoms with E-state index in [9.17, 15) is 14.7 Å². The normalized spacial score (nSPS) is 11.5. The number of nitrogens with one attached hydrogen (secondary N) is 1. The molecule has 3 aromatic carbocycles. The van der Waals surface area contributed by atoms with E-state index in [-0.39, 0.29) is 38.5 Å². The van der Waals surface area contributed by atoms with Crippen LogP contribution in [0.25, 0.3) is 22.6 Å². The molecule has 4 aromatic rings. The molecule has 1 atom stereocenters. The molecule has 0 fully saturated rings. The molecule has 202 valence electrons. The molecule has 0 radical (unpaired) electrons. The van der Waals surface area contributed by atoms with Crippen molar-refractivity contribution in [2.24, 2.45) is 0 Å². The van der Waals surface area contributed by atoms with Crippen molar-refractivity contribution in [1.29, 1.82) is 0 Å². The van der Waals surface area contributed by atoms with Crippen LogP contribution in [0.15, 0.2) is 77.3 Å². The van der Waals surface area contributed by atoms with Gasteiger partial charge in [-0.05, 0) is 84.0 Å². The number of oxazole rings is 1. The first-order valence-electron chi connectivity index (χ1n) is 12.3. The number of aryl methyl sites for hydroxylation is 1. The maximum atomic E-state index is 13.2. The summed E-state index contributed by atoms with van der Waals surface area (Å²) in [6.07, 6.45) is 3.79. The quantitative estimate of drug-likeness (QED) is 0.261. The number of benzene rings is 3. The fraction of sp³-hybridized carbons (Fsp3) is 0.233. The SMILES string of the molecule is CSCC[C@H](NC(=O)c1ccc(COCc2cnc(-c3ccc(Cl)cc3)o2)cc1-c1ccccc1C)C(=O)[O-].[Li+]. The molecule has 1 amide bonds. The van der Waals surface area contributed by atoms with Crippen LogP contribution in [0.4, 0.5) is 0 Å². The number of hydrogen-bond acceptors (Lipinski definition) is 7. The average molecular weight is 571 g/mol. The Labute approximate surface area is 254 Å². The Morgan fingerprint density at radius 2 is 1.82 bits per heavy atom. The fourth-order valence-corrected chi connectivity index (χ4v) is 4.66. The number of rotatable bonds is 12. The van der Waals surface area contributed by atoms with Gasteiger partial charge in [-0.1, -0.05) is 41.9 Å². The van der Waals surface area contributed by atoms with Crippen LogP contribution < -0.4 is 29.3 Å². The van der Waals surface area contributed by atoms with Crippen molar-refractivity contribution in [1.82, 2.24) is 10.3 Å². The van der Waals surface area contributed by atoms with E-state index in [4.69, 9.17) is 20.8 Å². The second-order valence-electron chi connectivity index (χ2n) is 8.95. The van der Waals surface area contributed by atoms with Gasteiger partial charge in [-0.25, -0.2) is 4.98 Å². The van der Waals surface area contributed by atoms with Crippen LogP contribution in [0, 0.1) is 6.92 Å². The summed E-state index contributed by atoms with van der Waals surface area (Å²) in [7, 11) is 0. The van der Waals surface area contributed by atoms with Crippen molar-refractivity contribution in [3.05, 3.63) is 100 Å². The molecule has 1 heterocycles. The van der Waals surface area contributed by atoms with Gasteiger partial charge < -0.3 is 24.4 Å². The second-order valence-corrected chi connectivity index (χ2v) is 10.4. The summed E-state index contributed by atoms with van der Waals surface area (Å²) in [6, 6.07) is 19.3. The van der Waals surface area contributed by atoms with Crippen molar-refractivity contribution < 1.29 is 42.7 Å². The van der Waals surface area contributed by atoms with E-state index in [2.05, 4.69) is 10.3 Å². The average Bonchev–Trinajstić information content (AvgIpc) is 3.40. The third-order valence-corrected chi connectivity index (χ3v) is 7.02. The Balaban J connectivity index is 0.00000441. The number of ether oxygens (including phenoxy) is 1. The van der Waals surface area contributed by atoms with Gasteiger partial charge in [-0.2, -0.15) is 11.8 Å².